The zero-order chi connectivity index (χ0) is 31.5. The SMILES string of the molecule is Cc1ccc(C)c(C(O)C(=O)N2CCN(c3ccc(NC(=O)c4oc(N5CCC(c6ccccc6)CC5)nc4C)cn3)CC2)c1. The van der Waals surface area contributed by atoms with Gasteiger partial charge in [-0.3, -0.25) is 9.59 Å². The Bertz CT molecular complexity index is 1640. The molecule has 234 valence electrons. The molecule has 2 fully saturated rings. The van der Waals surface area contributed by atoms with E-state index in [9.17, 15) is 14.7 Å². The zero-order valence-electron chi connectivity index (χ0n) is 26.1. The number of aryl methyl sites for hydroxylation is 3. The van der Waals surface area contributed by atoms with E-state index in [1.165, 1.54) is 5.56 Å². The van der Waals surface area contributed by atoms with E-state index < -0.39 is 6.10 Å². The predicted molar refractivity (Wildman–Crippen MR) is 174 cm³/mol. The van der Waals surface area contributed by atoms with Gasteiger partial charge in [0.15, 0.2) is 6.10 Å². The van der Waals surface area contributed by atoms with E-state index in [2.05, 4.69) is 49.4 Å². The smallest absolute Gasteiger partial charge is 0.298 e. The fraction of sp³-hybridized carbons (Fsp3) is 0.371. The van der Waals surface area contributed by atoms with Crippen LogP contribution in [0.2, 0.25) is 0 Å². The molecule has 1 unspecified atom stereocenters. The molecule has 4 heterocycles. The minimum absolute atomic E-state index is 0.197. The molecule has 0 aliphatic carbocycles. The number of hydrogen-bond acceptors (Lipinski definition) is 8. The van der Waals surface area contributed by atoms with Crippen molar-refractivity contribution < 1.29 is 19.1 Å². The number of rotatable bonds is 7. The highest BCUT2D eigenvalue weighted by molar-refractivity contribution is 6.03. The first-order chi connectivity index (χ1) is 21.8. The zero-order valence-corrected chi connectivity index (χ0v) is 26.1. The summed E-state index contributed by atoms with van der Waals surface area (Å²) in [4.78, 5) is 41.2. The highest BCUT2D eigenvalue weighted by Gasteiger charge is 2.29. The monoisotopic (exact) mass is 608 g/mol. The number of benzene rings is 2. The van der Waals surface area contributed by atoms with Crippen LogP contribution in [0.4, 0.5) is 17.5 Å². The number of oxazole rings is 1. The molecule has 2 aromatic carbocycles. The van der Waals surface area contributed by atoms with Gasteiger partial charge in [-0.05, 0) is 68.4 Å². The quantitative estimate of drug-likeness (QED) is 0.301. The molecule has 2 amide bonds. The molecular formula is C35H40N6O4. The molecule has 2 saturated heterocycles. The predicted octanol–water partition coefficient (Wildman–Crippen LogP) is 5.01. The van der Waals surface area contributed by atoms with Crippen LogP contribution < -0.4 is 15.1 Å². The van der Waals surface area contributed by atoms with Crippen LogP contribution in [0, 0.1) is 20.8 Å². The Morgan fingerprint density at radius 3 is 2.33 bits per heavy atom. The van der Waals surface area contributed by atoms with Crippen molar-refractivity contribution in [3.05, 3.63) is 101 Å². The number of aromatic nitrogens is 2. The van der Waals surface area contributed by atoms with Gasteiger partial charge in [-0.15, -0.1) is 0 Å². The number of carbonyl (C=O) groups is 2. The van der Waals surface area contributed by atoms with Crippen molar-refractivity contribution in [1.29, 1.82) is 0 Å². The molecule has 0 saturated carbocycles. The number of nitrogens with zero attached hydrogens (tertiary/aromatic N) is 5. The topological polar surface area (TPSA) is 115 Å². The molecule has 10 heteroatoms. The third-order valence-corrected chi connectivity index (χ3v) is 8.91. The highest BCUT2D eigenvalue weighted by Crippen LogP contribution is 2.31. The summed E-state index contributed by atoms with van der Waals surface area (Å²) in [7, 11) is 0. The Balaban J connectivity index is 1.01. The second kappa shape index (κ2) is 13.1. The third kappa shape index (κ3) is 6.71. The van der Waals surface area contributed by atoms with Gasteiger partial charge in [0, 0.05) is 39.3 Å². The van der Waals surface area contributed by atoms with E-state index in [1.54, 1.807) is 18.0 Å². The molecule has 0 spiro atoms. The lowest BCUT2D eigenvalue weighted by molar-refractivity contribution is -0.140. The molecule has 10 nitrogen and oxygen atoms in total. The number of aliphatic hydroxyl groups excluding tert-OH is 1. The van der Waals surface area contributed by atoms with Gasteiger partial charge in [0.25, 0.3) is 17.8 Å². The number of hydrogen-bond donors (Lipinski definition) is 2. The third-order valence-electron chi connectivity index (χ3n) is 8.91. The Labute approximate surface area is 263 Å². The average molecular weight is 609 g/mol. The number of piperazine rings is 1. The van der Waals surface area contributed by atoms with Gasteiger partial charge in [-0.1, -0.05) is 54.1 Å². The average Bonchev–Trinajstić information content (AvgIpc) is 3.47. The van der Waals surface area contributed by atoms with Gasteiger partial charge in [-0.25, -0.2) is 4.98 Å². The summed E-state index contributed by atoms with van der Waals surface area (Å²) in [5.74, 6) is 0.825. The molecule has 1 atom stereocenters. The van der Waals surface area contributed by atoms with Crippen molar-refractivity contribution in [3.8, 4) is 0 Å². The standard InChI is InChI=1S/C35H40N6O4/c1-23-9-10-24(2)29(21-23)31(42)34(44)40-19-17-39(18-20-40)30-12-11-28(22-36-30)38-33(43)32-25(3)37-35(45-32)41-15-13-27(14-16-41)26-7-5-4-6-8-26/h4-12,21-22,27,31,42H,13-20H2,1-3H3,(H,38,43). The van der Waals surface area contributed by atoms with Crippen LogP contribution in [-0.4, -0.2) is 71.1 Å². The fourth-order valence-corrected chi connectivity index (χ4v) is 6.21. The summed E-state index contributed by atoms with van der Waals surface area (Å²) in [5.41, 5.74) is 5.02. The van der Waals surface area contributed by atoms with Crippen molar-refractivity contribution in [3.63, 3.8) is 0 Å². The Morgan fingerprint density at radius 1 is 0.911 bits per heavy atom. The van der Waals surface area contributed by atoms with Crippen LogP contribution in [0.25, 0.3) is 0 Å². The van der Waals surface area contributed by atoms with Crippen LogP contribution in [0.3, 0.4) is 0 Å². The molecule has 6 rings (SSSR count). The van der Waals surface area contributed by atoms with Gasteiger partial charge < -0.3 is 29.5 Å². The second-order valence-corrected chi connectivity index (χ2v) is 12.0. The van der Waals surface area contributed by atoms with Gasteiger partial charge in [0.05, 0.1) is 17.6 Å². The molecule has 2 N–H and O–H groups in total. The van der Waals surface area contributed by atoms with Crippen molar-refractivity contribution in [2.24, 2.45) is 0 Å². The van der Waals surface area contributed by atoms with Crippen LogP contribution in [-0.2, 0) is 4.79 Å². The number of anilines is 3. The normalized spacial score (nSPS) is 16.5. The van der Waals surface area contributed by atoms with E-state index in [4.69, 9.17) is 4.42 Å². The van der Waals surface area contributed by atoms with E-state index in [1.807, 2.05) is 50.2 Å². The first kappa shape index (κ1) is 30.3. The summed E-state index contributed by atoms with van der Waals surface area (Å²) >= 11 is 0. The summed E-state index contributed by atoms with van der Waals surface area (Å²) in [6.07, 6.45) is 2.46. The first-order valence-electron chi connectivity index (χ1n) is 15.6. The molecule has 2 aliphatic rings. The number of amides is 2. The summed E-state index contributed by atoms with van der Waals surface area (Å²) in [5, 5.41) is 13.7. The Hall–Kier alpha value is -4.70. The molecule has 2 aromatic heterocycles. The van der Waals surface area contributed by atoms with Gasteiger partial charge in [0.2, 0.25) is 5.76 Å². The molecule has 0 bridgehead atoms. The number of aliphatic hydroxyl groups is 1. The van der Waals surface area contributed by atoms with Crippen molar-refractivity contribution in [1.82, 2.24) is 14.9 Å². The summed E-state index contributed by atoms with van der Waals surface area (Å²) in [6.45, 7) is 9.43. The van der Waals surface area contributed by atoms with Crippen molar-refractivity contribution in [2.45, 2.75) is 45.6 Å². The lowest BCUT2D eigenvalue weighted by Crippen LogP contribution is -2.50. The Morgan fingerprint density at radius 2 is 1.64 bits per heavy atom. The van der Waals surface area contributed by atoms with Gasteiger partial charge >= 0.3 is 0 Å². The van der Waals surface area contributed by atoms with Crippen molar-refractivity contribution in [2.75, 3.05) is 54.4 Å². The highest BCUT2D eigenvalue weighted by atomic mass is 16.4. The maximum Gasteiger partial charge on any atom is 0.298 e. The van der Waals surface area contributed by atoms with Crippen LogP contribution in [0.5, 0.6) is 0 Å². The number of nitrogens with one attached hydrogen (secondary N) is 1. The van der Waals surface area contributed by atoms with Crippen LogP contribution in [0.15, 0.2) is 71.3 Å². The lowest BCUT2D eigenvalue weighted by Gasteiger charge is -2.36. The molecule has 2 aliphatic heterocycles. The van der Waals surface area contributed by atoms with Crippen LogP contribution >= 0.6 is 0 Å². The van der Waals surface area contributed by atoms with Crippen molar-refractivity contribution >= 4 is 29.3 Å². The fourth-order valence-electron chi connectivity index (χ4n) is 6.21. The largest absolute Gasteiger partial charge is 0.418 e. The summed E-state index contributed by atoms with van der Waals surface area (Å²) < 4.78 is 5.96. The van der Waals surface area contributed by atoms with E-state index in [0.717, 1.165) is 42.9 Å². The minimum atomic E-state index is -1.17. The van der Waals surface area contributed by atoms with Crippen LogP contribution in [0.1, 0.15) is 63.4 Å². The van der Waals surface area contributed by atoms with E-state index in [-0.39, 0.29) is 17.6 Å². The molecule has 4 aromatic rings. The molecule has 0 radical (unpaired) electrons. The maximum atomic E-state index is 13.1. The minimum Gasteiger partial charge on any atom is -0.418 e. The maximum absolute atomic E-state index is 13.1. The van der Waals surface area contributed by atoms with E-state index in [0.29, 0.717) is 55.1 Å². The lowest BCUT2D eigenvalue weighted by atomic mass is 9.90. The first-order valence-corrected chi connectivity index (χ1v) is 15.6. The van der Waals surface area contributed by atoms with Gasteiger partial charge in [-0.2, -0.15) is 4.98 Å². The number of piperidine rings is 1. The van der Waals surface area contributed by atoms with Gasteiger partial charge in [0.1, 0.15) is 5.82 Å². The second-order valence-electron chi connectivity index (χ2n) is 12.0. The summed E-state index contributed by atoms with van der Waals surface area (Å²) in [6, 6.07) is 20.5. The number of pyridine rings is 1. The molecule has 45 heavy (non-hydrogen) atoms. The number of carbonyl (C=O) groups excluding carboxylic acids is 2. The van der Waals surface area contributed by atoms with E-state index >= 15 is 0 Å². The molecular weight excluding hydrogens is 568 g/mol. The Kier molecular flexibility index (Phi) is 8.84.